The van der Waals surface area contributed by atoms with Gasteiger partial charge in [-0.3, -0.25) is 19.8 Å². The van der Waals surface area contributed by atoms with Gasteiger partial charge in [0.2, 0.25) is 0 Å². The lowest BCUT2D eigenvalue weighted by atomic mass is 10.1. The molecule has 0 unspecified atom stereocenters. The normalized spacial score (nSPS) is 15.1. The fourth-order valence-corrected chi connectivity index (χ4v) is 4.10. The smallest absolute Gasteiger partial charge is 0.337 e. The van der Waals surface area contributed by atoms with Gasteiger partial charge in [0.15, 0.2) is 0 Å². The highest BCUT2D eigenvalue weighted by Gasteiger charge is 2.36. The molecule has 1 aliphatic rings. The van der Waals surface area contributed by atoms with Crippen molar-refractivity contribution in [1.29, 1.82) is 0 Å². The first kappa shape index (κ1) is 23.0. The molecule has 0 atom stereocenters. The van der Waals surface area contributed by atoms with Crippen molar-refractivity contribution >= 4 is 41.5 Å². The van der Waals surface area contributed by atoms with Gasteiger partial charge < -0.3 is 9.67 Å². The number of nitrogens with one attached hydrogen (secondary N) is 1. The molecular formula is C25H20ClN3O5. The minimum atomic E-state index is -1.15. The molecule has 0 bridgehead atoms. The van der Waals surface area contributed by atoms with Crippen molar-refractivity contribution in [2.24, 2.45) is 0 Å². The summed E-state index contributed by atoms with van der Waals surface area (Å²) in [7, 11) is 0. The second-order valence-electron chi connectivity index (χ2n) is 7.83. The Balaban J connectivity index is 1.72. The zero-order chi connectivity index (χ0) is 24.6. The molecule has 4 rings (SSSR count). The number of barbiturate groups is 1. The van der Waals surface area contributed by atoms with E-state index in [0.29, 0.717) is 16.9 Å². The number of halogens is 1. The summed E-state index contributed by atoms with van der Waals surface area (Å²) in [6, 6.07) is 14.6. The molecule has 172 valence electrons. The first-order valence-corrected chi connectivity index (χ1v) is 10.7. The topological polar surface area (TPSA) is 109 Å². The number of hydrogen-bond acceptors (Lipinski definition) is 4. The average molecular weight is 478 g/mol. The number of amides is 4. The van der Waals surface area contributed by atoms with Gasteiger partial charge in [-0.2, -0.15) is 0 Å². The zero-order valence-corrected chi connectivity index (χ0v) is 19.1. The maximum Gasteiger partial charge on any atom is 0.337 e. The van der Waals surface area contributed by atoms with Crippen LogP contribution in [0.25, 0.3) is 11.8 Å². The molecule has 1 saturated heterocycles. The summed E-state index contributed by atoms with van der Waals surface area (Å²) in [4.78, 5) is 50.4. The van der Waals surface area contributed by atoms with E-state index in [-0.39, 0.29) is 22.7 Å². The summed E-state index contributed by atoms with van der Waals surface area (Å²) >= 11 is 5.99. The lowest BCUT2D eigenvalue weighted by Crippen LogP contribution is -2.53. The van der Waals surface area contributed by atoms with Crippen LogP contribution in [0.3, 0.4) is 0 Å². The monoisotopic (exact) mass is 477 g/mol. The molecule has 0 radical (unpaired) electrons. The number of aryl methyl sites for hydroxylation is 1. The van der Waals surface area contributed by atoms with Crippen LogP contribution in [0.5, 0.6) is 0 Å². The predicted molar refractivity (Wildman–Crippen MR) is 126 cm³/mol. The van der Waals surface area contributed by atoms with Crippen LogP contribution in [0.1, 0.15) is 32.9 Å². The van der Waals surface area contributed by atoms with Crippen LogP contribution in [0.4, 0.5) is 4.79 Å². The highest BCUT2D eigenvalue weighted by molar-refractivity contribution is 6.33. The van der Waals surface area contributed by atoms with Gasteiger partial charge in [0.05, 0.1) is 17.1 Å². The van der Waals surface area contributed by atoms with E-state index < -0.39 is 23.8 Å². The number of carbonyl (C=O) groups excluding carboxylic acids is 3. The van der Waals surface area contributed by atoms with E-state index in [1.54, 1.807) is 47.9 Å². The summed E-state index contributed by atoms with van der Waals surface area (Å²) < 4.78 is 1.80. The number of imide groups is 2. The first-order chi connectivity index (χ1) is 16.2. The van der Waals surface area contributed by atoms with E-state index in [4.69, 9.17) is 11.6 Å². The summed E-state index contributed by atoms with van der Waals surface area (Å²) in [5, 5.41) is 11.7. The third kappa shape index (κ3) is 4.23. The van der Waals surface area contributed by atoms with Crippen molar-refractivity contribution in [2.75, 3.05) is 0 Å². The predicted octanol–water partition coefficient (Wildman–Crippen LogP) is 4.11. The molecule has 2 N–H and O–H groups in total. The maximum atomic E-state index is 13.1. The van der Waals surface area contributed by atoms with Crippen LogP contribution >= 0.6 is 11.6 Å². The number of aromatic carboxylic acids is 1. The van der Waals surface area contributed by atoms with Gasteiger partial charge in [0, 0.05) is 17.1 Å². The Morgan fingerprint density at radius 2 is 1.76 bits per heavy atom. The van der Waals surface area contributed by atoms with Gasteiger partial charge in [-0.25, -0.2) is 9.59 Å². The molecule has 2 aromatic carbocycles. The number of urea groups is 1. The van der Waals surface area contributed by atoms with Gasteiger partial charge in [-0.05, 0) is 55.3 Å². The van der Waals surface area contributed by atoms with Gasteiger partial charge >= 0.3 is 12.0 Å². The molecule has 1 fully saturated rings. The van der Waals surface area contributed by atoms with Crippen LogP contribution in [0.2, 0.25) is 5.02 Å². The minimum absolute atomic E-state index is 0.0257. The molecule has 3 aromatic rings. The second kappa shape index (κ2) is 8.99. The standard InChI is InChI=1S/C25H20ClN3O5/c1-14-10-17(15(2)29(14)18-8-9-21(26)19(12-18)24(32)33)11-20-22(30)27-25(34)28(23(20)31)13-16-6-4-3-5-7-16/h3-12H,13H2,1-2H3,(H,32,33)(H,27,30,34). The Labute approximate surface area is 200 Å². The number of benzene rings is 2. The molecule has 1 aromatic heterocycles. The van der Waals surface area contributed by atoms with Crippen LogP contribution < -0.4 is 5.32 Å². The molecule has 0 saturated carbocycles. The highest BCUT2D eigenvalue weighted by atomic mass is 35.5. The Morgan fingerprint density at radius 1 is 1.06 bits per heavy atom. The number of aromatic nitrogens is 1. The molecule has 8 nitrogen and oxygen atoms in total. The number of nitrogens with zero attached hydrogens (tertiary/aromatic N) is 2. The Hall–Kier alpha value is -4.17. The van der Waals surface area contributed by atoms with Crippen LogP contribution in [-0.4, -0.2) is 38.4 Å². The van der Waals surface area contributed by atoms with Crippen molar-refractivity contribution in [3.8, 4) is 5.69 Å². The van der Waals surface area contributed by atoms with E-state index in [2.05, 4.69) is 5.32 Å². The van der Waals surface area contributed by atoms with Crippen molar-refractivity contribution < 1.29 is 24.3 Å². The molecule has 4 amide bonds. The largest absolute Gasteiger partial charge is 0.478 e. The van der Waals surface area contributed by atoms with Gasteiger partial charge in [-0.1, -0.05) is 41.9 Å². The Bertz CT molecular complexity index is 1370. The Kier molecular flexibility index (Phi) is 6.08. The van der Waals surface area contributed by atoms with Gasteiger partial charge in [0.1, 0.15) is 5.57 Å². The van der Waals surface area contributed by atoms with E-state index in [1.807, 2.05) is 13.0 Å². The number of hydrogen-bond donors (Lipinski definition) is 2. The number of carbonyl (C=O) groups is 4. The van der Waals surface area contributed by atoms with E-state index in [1.165, 1.54) is 18.2 Å². The summed E-state index contributed by atoms with van der Waals surface area (Å²) in [5.41, 5.74) is 3.12. The third-order valence-electron chi connectivity index (χ3n) is 5.58. The molecule has 0 spiro atoms. The number of carboxylic acids is 1. The van der Waals surface area contributed by atoms with Gasteiger partial charge in [-0.15, -0.1) is 0 Å². The number of rotatable bonds is 5. The fourth-order valence-electron chi connectivity index (χ4n) is 3.91. The van der Waals surface area contributed by atoms with Crippen LogP contribution in [-0.2, 0) is 16.1 Å². The maximum absolute atomic E-state index is 13.1. The highest BCUT2D eigenvalue weighted by Crippen LogP contribution is 2.27. The molecule has 34 heavy (non-hydrogen) atoms. The summed E-state index contributed by atoms with van der Waals surface area (Å²) in [6.07, 6.45) is 1.44. The van der Waals surface area contributed by atoms with E-state index in [9.17, 15) is 24.3 Å². The second-order valence-corrected chi connectivity index (χ2v) is 8.23. The lowest BCUT2D eigenvalue weighted by Gasteiger charge is -2.26. The first-order valence-electron chi connectivity index (χ1n) is 10.3. The quantitative estimate of drug-likeness (QED) is 0.424. The van der Waals surface area contributed by atoms with Crippen molar-refractivity contribution in [3.63, 3.8) is 0 Å². The average Bonchev–Trinajstić information content (AvgIpc) is 3.08. The fraction of sp³-hybridized carbons (Fsp3) is 0.120. The molecule has 2 heterocycles. The lowest BCUT2D eigenvalue weighted by molar-refractivity contribution is -0.130. The SMILES string of the molecule is Cc1cc(C=C2C(=O)NC(=O)N(Cc3ccccc3)C2=O)c(C)n1-c1ccc(Cl)c(C(=O)O)c1. The van der Waals surface area contributed by atoms with Crippen LogP contribution in [0.15, 0.2) is 60.2 Å². The minimum Gasteiger partial charge on any atom is -0.478 e. The summed E-state index contributed by atoms with van der Waals surface area (Å²) in [5.74, 6) is -2.62. The van der Waals surface area contributed by atoms with E-state index >= 15 is 0 Å². The van der Waals surface area contributed by atoms with Gasteiger partial charge in [0.25, 0.3) is 11.8 Å². The molecular weight excluding hydrogens is 458 g/mol. The van der Waals surface area contributed by atoms with Crippen molar-refractivity contribution in [1.82, 2.24) is 14.8 Å². The summed E-state index contributed by atoms with van der Waals surface area (Å²) in [6.45, 7) is 3.63. The molecule has 1 aliphatic heterocycles. The number of carboxylic acid groups (broad SMARTS) is 1. The zero-order valence-electron chi connectivity index (χ0n) is 18.3. The third-order valence-corrected chi connectivity index (χ3v) is 5.91. The van der Waals surface area contributed by atoms with Crippen molar-refractivity contribution in [3.05, 3.63) is 93.3 Å². The van der Waals surface area contributed by atoms with Crippen molar-refractivity contribution in [2.45, 2.75) is 20.4 Å². The Morgan fingerprint density at radius 3 is 2.44 bits per heavy atom. The van der Waals surface area contributed by atoms with E-state index in [0.717, 1.165) is 16.2 Å². The molecule has 9 heteroatoms. The van der Waals surface area contributed by atoms with Crippen LogP contribution in [0, 0.1) is 13.8 Å². The molecule has 0 aliphatic carbocycles.